The lowest BCUT2D eigenvalue weighted by molar-refractivity contribution is -0.384. The molecule has 0 amide bonds. The number of non-ortho nitro benzene ring substituents is 1. The predicted octanol–water partition coefficient (Wildman–Crippen LogP) is 2.80. The van der Waals surface area contributed by atoms with E-state index >= 15 is 0 Å². The molecule has 1 aliphatic rings. The Hall–Kier alpha value is -3.10. The number of hydrogen-bond donors (Lipinski definition) is 0. The maximum absolute atomic E-state index is 10.8. The molecule has 0 saturated carbocycles. The summed E-state index contributed by atoms with van der Waals surface area (Å²) in [5, 5.41) is 15.4. The van der Waals surface area contributed by atoms with Crippen LogP contribution in [0.3, 0.4) is 0 Å². The van der Waals surface area contributed by atoms with Gasteiger partial charge in [0.2, 0.25) is 0 Å². The van der Waals surface area contributed by atoms with E-state index in [9.17, 15) is 10.1 Å². The summed E-state index contributed by atoms with van der Waals surface area (Å²) < 4.78 is 1.83. The Morgan fingerprint density at radius 2 is 1.86 bits per heavy atom. The number of nitro benzene ring substituents is 1. The average Bonchev–Trinajstić information content (AvgIpc) is 3.18. The summed E-state index contributed by atoms with van der Waals surface area (Å²) in [6.45, 7) is 3.57. The highest BCUT2D eigenvalue weighted by molar-refractivity contribution is 5.56. The van der Waals surface area contributed by atoms with E-state index in [0.717, 1.165) is 25.2 Å². The van der Waals surface area contributed by atoms with Crippen molar-refractivity contribution in [1.82, 2.24) is 24.6 Å². The molecule has 3 aromatic rings. The molecule has 4 rings (SSSR count). The van der Waals surface area contributed by atoms with E-state index in [0.29, 0.717) is 18.5 Å². The van der Waals surface area contributed by atoms with E-state index in [2.05, 4.69) is 51.2 Å². The Kier molecular flexibility index (Phi) is 5.14. The van der Waals surface area contributed by atoms with E-state index < -0.39 is 4.92 Å². The molecule has 0 spiro atoms. The molecular formula is C20H22N6O2. The minimum absolute atomic E-state index is 0.0614. The molecule has 144 valence electrons. The monoisotopic (exact) mass is 378 g/mol. The van der Waals surface area contributed by atoms with Gasteiger partial charge >= 0.3 is 0 Å². The Morgan fingerprint density at radius 3 is 2.57 bits per heavy atom. The first-order valence-electron chi connectivity index (χ1n) is 9.22. The zero-order chi connectivity index (χ0) is 19.5. The summed E-state index contributed by atoms with van der Waals surface area (Å²) in [4.78, 5) is 19.5. The molecule has 2 heterocycles. The fourth-order valence-electron chi connectivity index (χ4n) is 3.53. The van der Waals surface area contributed by atoms with Crippen molar-refractivity contribution in [2.24, 2.45) is 0 Å². The second-order valence-corrected chi connectivity index (χ2v) is 7.05. The van der Waals surface area contributed by atoms with Crippen LogP contribution in [-0.4, -0.2) is 56.2 Å². The van der Waals surface area contributed by atoms with Crippen molar-refractivity contribution in [1.29, 1.82) is 0 Å². The highest BCUT2D eigenvalue weighted by atomic mass is 16.6. The first-order valence-corrected chi connectivity index (χ1v) is 9.22. The van der Waals surface area contributed by atoms with Gasteiger partial charge in [0.1, 0.15) is 6.33 Å². The van der Waals surface area contributed by atoms with Crippen LogP contribution in [0.5, 0.6) is 0 Å². The summed E-state index contributed by atoms with van der Waals surface area (Å²) in [5.41, 5.74) is 2.12. The van der Waals surface area contributed by atoms with Gasteiger partial charge in [0, 0.05) is 43.4 Å². The van der Waals surface area contributed by atoms with Crippen LogP contribution in [0.15, 0.2) is 60.9 Å². The van der Waals surface area contributed by atoms with Gasteiger partial charge in [-0.3, -0.25) is 15.0 Å². The molecule has 0 bridgehead atoms. The van der Waals surface area contributed by atoms with E-state index in [4.69, 9.17) is 0 Å². The lowest BCUT2D eigenvalue weighted by Gasteiger charge is -2.40. The molecular weight excluding hydrogens is 356 g/mol. The fraction of sp³-hybridized carbons (Fsp3) is 0.300. The predicted molar refractivity (Wildman–Crippen MR) is 105 cm³/mol. The van der Waals surface area contributed by atoms with Crippen molar-refractivity contribution in [2.45, 2.75) is 12.7 Å². The van der Waals surface area contributed by atoms with Crippen molar-refractivity contribution >= 4 is 5.69 Å². The van der Waals surface area contributed by atoms with Crippen molar-refractivity contribution in [3.05, 3.63) is 76.6 Å². The average molecular weight is 378 g/mol. The molecule has 28 heavy (non-hydrogen) atoms. The number of nitrogens with zero attached hydrogens (tertiary/aromatic N) is 6. The van der Waals surface area contributed by atoms with Gasteiger partial charge in [-0.1, -0.05) is 30.3 Å². The van der Waals surface area contributed by atoms with Gasteiger partial charge in [0.25, 0.3) is 5.69 Å². The third kappa shape index (κ3) is 3.92. The molecule has 1 atom stereocenters. The van der Waals surface area contributed by atoms with Gasteiger partial charge < -0.3 is 4.90 Å². The van der Waals surface area contributed by atoms with E-state index in [1.54, 1.807) is 18.5 Å². The first kappa shape index (κ1) is 18.3. The molecule has 0 radical (unpaired) electrons. The number of piperazine rings is 1. The molecule has 1 unspecified atom stereocenters. The quantitative estimate of drug-likeness (QED) is 0.502. The van der Waals surface area contributed by atoms with Crippen molar-refractivity contribution < 1.29 is 4.92 Å². The first-order chi connectivity index (χ1) is 13.6. The van der Waals surface area contributed by atoms with Gasteiger partial charge in [-0.25, -0.2) is 9.67 Å². The zero-order valence-corrected chi connectivity index (χ0v) is 15.7. The summed E-state index contributed by atoms with van der Waals surface area (Å²) >= 11 is 0. The largest absolute Gasteiger partial charge is 0.303 e. The molecule has 0 N–H and O–H groups in total. The second-order valence-electron chi connectivity index (χ2n) is 7.05. The summed E-state index contributed by atoms with van der Waals surface area (Å²) in [7, 11) is 2.15. The topological polar surface area (TPSA) is 80.3 Å². The summed E-state index contributed by atoms with van der Waals surface area (Å²) in [6.07, 6.45) is 1.72. The Labute approximate surface area is 163 Å². The van der Waals surface area contributed by atoms with Crippen LogP contribution in [0.2, 0.25) is 0 Å². The number of likely N-dealkylation sites (N-methyl/N-ethyl adjacent to an activating group) is 1. The number of rotatable bonds is 5. The van der Waals surface area contributed by atoms with Crippen molar-refractivity contribution in [3.63, 3.8) is 0 Å². The fourth-order valence-corrected chi connectivity index (χ4v) is 3.53. The molecule has 1 saturated heterocycles. The number of benzene rings is 2. The smallest absolute Gasteiger partial charge is 0.269 e. The number of nitro groups is 1. The van der Waals surface area contributed by atoms with Gasteiger partial charge in [-0.15, -0.1) is 5.10 Å². The molecule has 1 fully saturated rings. The lowest BCUT2D eigenvalue weighted by Crippen LogP contribution is -2.47. The third-order valence-electron chi connectivity index (χ3n) is 5.08. The lowest BCUT2D eigenvalue weighted by atomic mass is 10.0. The minimum Gasteiger partial charge on any atom is -0.303 e. The van der Waals surface area contributed by atoms with Crippen LogP contribution in [0.1, 0.15) is 11.6 Å². The molecule has 1 aliphatic heterocycles. The normalized spacial score (nSPS) is 18.2. The molecule has 1 aromatic heterocycles. The van der Waals surface area contributed by atoms with Gasteiger partial charge in [-0.05, 0) is 24.7 Å². The third-order valence-corrected chi connectivity index (χ3v) is 5.08. The summed E-state index contributed by atoms with van der Waals surface area (Å²) in [6, 6.07) is 17.1. The van der Waals surface area contributed by atoms with Crippen LogP contribution in [0.25, 0.3) is 11.4 Å². The standard InChI is InChI=1S/C20H22N6O2/c1-23-11-12-24(19(13-23)16-5-3-2-4-6-16)15-25-14-21-20(22-25)17-7-9-18(10-8-17)26(27)28/h2-10,14,19H,11-13,15H2,1H3. The van der Waals surface area contributed by atoms with Crippen LogP contribution < -0.4 is 0 Å². The van der Waals surface area contributed by atoms with Crippen LogP contribution >= 0.6 is 0 Å². The molecule has 2 aromatic carbocycles. The van der Waals surface area contributed by atoms with Gasteiger partial charge in [-0.2, -0.15) is 0 Å². The van der Waals surface area contributed by atoms with Crippen molar-refractivity contribution in [3.8, 4) is 11.4 Å². The molecule has 8 heteroatoms. The maximum Gasteiger partial charge on any atom is 0.269 e. The van der Waals surface area contributed by atoms with Crippen molar-refractivity contribution in [2.75, 3.05) is 26.7 Å². The number of aromatic nitrogens is 3. The van der Waals surface area contributed by atoms with Gasteiger partial charge in [0.05, 0.1) is 11.6 Å². The molecule has 0 aliphatic carbocycles. The zero-order valence-electron chi connectivity index (χ0n) is 15.7. The maximum atomic E-state index is 10.8. The summed E-state index contributed by atoms with van der Waals surface area (Å²) in [5.74, 6) is 0.570. The van der Waals surface area contributed by atoms with E-state index in [-0.39, 0.29) is 5.69 Å². The highest BCUT2D eigenvalue weighted by Gasteiger charge is 2.27. The van der Waals surface area contributed by atoms with Crippen LogP contribution in [0, 0.1) is 10.1 Å². The second kappa shape index (κ2) is 7.87. The van der Waals surface area contributed by atoms with E-state index in [1.165, 1.54) is 17.7 Å². The highest BCUT2D eigenvalue weighted by Crippen LogP contribution is 2.25. The Morgan fingerprint density at radius 1 is 1.11 bits per heavy atom. The molecule has 8 nitrogen and oxygen atoms in total. The van der Waals surface area contributed by atoms with Crippen LogP contribution in [-0.2, 0) is 6.67 Å². The Balaban J connectivity index is 1.51. The van der Waals surface area contributed by atoms with Gasteiger partial charge in [0.15, 0.2) is 5.82 Å². The van der Waals surface area contributed by atoms with E-state index in [1.807, 2.05) is 10.7 Å². The number of hydrogen-bond acceptors (Lipinski definition) is 6. The minimum atomic E-state index is -0.410. The SMILES string of the molecule is CN1CCN(Cn2cnc(-c3ccc([N+](=O)[O-])cc3)n2)C(c2ccccc2)C1. The van der Waals surface area contributed by atoms with Crippen LogP contribution in [0.4, 0.5) is 5.69 Å². The Bertz CT molecular complexity index is 941.